The van der Waals surface area contributed by atoms with Crippen molar-refractivity contribution in [1.29, 1.82) is 0 Å². The molecular formula is C18H25N. The van der Waals surface area contributed by atoms with E-state index in [0.717, 1.165) is 0 Å². The van der Waals surface area contributed by atoms with Gasteiger partial charge in [-0.2, -0.15) is 0 Å². The highest BCUT2D eigenvalue weighted by molar-refractivity contribution is 5.65. The number of benzene rings is 1. The van der Waals surface area contributed by atoms with Gasteiger partial charge >= 0.3 is 0 Å². The first kappa shape index (κ1) is 12.9. The molecule has 0 N–H and O–H groups in total. The molecule has 0 bridgehead atoms. The highest BCUT2D eigenvalue weighted by Crippen LogP contribution is 2.47. The van der Waals surface area contributed by atoms with Crippen LogP contribution in [0.4, 0.5) is 0 Å². The fourth-order valence-corrected chi connectivity index (χ4v) is 3.80. The largest absolute Gasteiger partial charge is 0.298 e. The second-order valence-electron chi connectivity index (χ2n) is 7.23. The van der Waals surface area contributed by atoms with Crippen molar-refractivity contribution >= 4 is 6.08 Å². The van der Waals surface area contributed by atoms with Gasteiger partial charge in [-0.05, 0) is 50.8 Å². The summed E-state index contributed by atoms with van der Waals surface area (Å²) < 4.78 is 0. The Morgan fingerprint density at radius 3 is 2.63 bits per heavy atom. The Bertz CT molecular complexity index is 509. The van der Waals surface area contributed by atoms with E-state index in [9.17, 15) is 0 Å². The van der Waals surface area contributed by atoms with Crippen LogP contribution in [0.5, 0.6) is 0 Å². The minimum atomic E-state index is 0.289. The predicted octanol–water partition coefficient (Wildman–Crippen LogP) is 4.09. The van der Waals surface area contributed by atoms with Crippen molar-refractivity contribution in [2.24, 2.45) is 5.92 Å². The minimum absolute atomic E-state index is 0.289. The summed E-state index contributed by atoms with van der Waals surface area (Å²) in [7, 11) is 0. The Kier molecular flexibility index (Phi) is 2.86. The van der Waals surface area contributed by atoms with E-state index in [2.05, 4.69) is 69.0 Å². The van der Waals surface area contributed by atoms with Gasteiger partial charge in [0.15, 0.2) is 0 Å². The monoisotopic (exact) mass is 255 g/mol. The molecule has 2 aliphatic rings. The average Bonchev–Trinajstić information content (AvgIpc) is 2.72. The Balaban J connectivity index is 1.92. The molecule has 1 aromatic carbocycles. The van der Waals surface area contributed by atoms with Gasteiger partial charge in [-0.25, -0.2) is 0 Å². The molecule has 1 aliphatic carbocycles. The van der Waals surface area contributed by atoms with Gasteiger partial charge in [0.2, 0.25) is 0 Å². The summed E-state index contributed by atoms with van der Waals surface area (Å²) in [5, 5.41) is 0. The van der Waals surface area contributed by atoms with Crippen molar-refractivity contribution in [3.05, 3.63) is 41.5 Å². The van der Waals surface area contributed by atoms with E-state index in [-0.39, 0.29) is 5.54 Å². The second-order valence-corrected chi connectivity index (χ2v) is 7.23. The SMILES string of the molecule is C[C@@H]1CN(C(C)(C)C)CCC12C=Cc1ccccc12. The number of rotatable bonds is 0. The van der Waals surface area contributed by atoms with E-state index in [0.29, 0.717) is 11.3 Å². The van der Waals surface area contributed by atoms with E-state index in [1.54, 1.807) is 5.56 Å². The smallest absolute Gasteiger partial charge is 0.0191 e. The topological polar surface area (TPSA) is 3.24 Å². The molecule has 1 unspecified atom stereocenters. The lowest BCUT2D eigenvalue weighted by Crippen LogP contribution is -2.53. The Labute approximate surface area is 117 Å². The fraction of sp³-hybridized carbons (Fsp3) is 0.556. The minimum Gasteiger partial charge on any atom is -0.298 e. The van der Waals surface area contributed by atoms with Gasteiger partial charge in [0.05, 0.1) is 0 Å². The molecule has 1 aromatic rings. The maximum Gasteiger partial charge on any atom is 0.0191 e. The molecule has 1 fully saturated rings. The van der Waals surface area contributed by atoms with Crippen LogP contribution in [0.25, 0.3) is 6.08 Å². The van der Waals surface area contributed by atoms with Crippen LogP contribution in [0, 0.1) is 5.92 Å². The summed E-state index contributed by atoms with van der Waals surface area (Å²) in [4.78, 5) is 2.64. The molecule has 0 saturated carbocycles. The van der Waals surface area contributed by atoms with Crippen LogP contribution < -0.4 is 0 Å². The maximum absolute atomic E-state index is 2.64. The number of fused-ring (bicyclic) bond motifs is 2. The molecular weight excluding hydrogens is 230 g/mol. The van der Waals surface area contributed by atoms with Crippen molar-refractivity contribution in [2.45, 2.75) is 45.1 Å². The molecule has 1 aliphatic heterocycles. The molecule has 102 valence electrons. The van der Waals surface area contributed by atoms with Gasteiger partial charge in [0.25, 0.3) is 0 Å². The summed E-state index contributed by atoms with van der Waals surface area (Å²) in [6, 6.07) is 8.93. The van der Waals surface area contributed by atoms with E-state index < -0.39 is 0 Å². The quantitative estimate of drug-likeness (QED) is 0.675. The first-order valence-corrected chi connectivity index (χ1v) is 7.47. The summed E-state index contributed by atoms with van der Waals surface area (Å²) in [5.74, 6) is 0.681. The number of likely N-dealkylation sites (tertiary alicyclic amines) is 1. The predicted molar refractivity (Wildman–Crippen MR) is 82.3 cm³/mol. The van der Waals surface area contributed by atoms with Crippen LogP contribution in [0.1, 0.15) is 45.2 Å². The standard InChI is InChI=1S/C18H25N/c1-14-13-19(17(2,3)4)12-11-18(14)10-9-15-7-5-6-8-16(15)18/h5-10,14H,11-13H2,1-4H3/t14-,18?/m1/s1. The Hall–Kier alpha value is -1.08. The number of nitrogens with zero attached hydrogens (tertiary/aromatic N) is 1. The number of hydrogen-bond acceptors (Lipinski definition) is 1. The third kappa shape index (κ3) is 1.95. The molecule has 0 aromatic heterocycles. The number of piperidine rings is 1. The van der Waals surface area contributed by atoms with E-state index >= 15 is 0 Å². The van der Waals surface area contributed by atoms with Crippen LogP contribution in [0.15, 0.2) is 30.3 Å². The highest BCUT2D eigenvalue weighted by Gasteiger charge is 2.44. The van der Waals surface area contributed by atoms with Crippen LogP contribution in [-0.4, -0.2) is 23.5 Å². The molecule has 2 atom stereocenters. The third-order valence-corrected chi connectivity index (χ3v) is 5.14. The van der Waals surface area contributed by atoms with Crippen LogP contribution in [0.2, 0.25) is 0 Å². The van der Waals surface area contributed by atoms with Crippen molar-refractivity contribution in [3.63, 3.8) is 0 Å². The van der Waals surface area contributed by atoms with E-state index in [1.807, 2.05) is 0 Å². The summed E-state index contributed by atoms with van der Waals surface area (Å²) in [6.45, 7) is 11.8. The molecule has 0 amide bonds. The first-order chi connectivity index (χ1) is 8.93. The normalized spacial score (nSPS) is 30.8. The zero-order valence-corrected chi connectivity index (χ0v) is 12.6. The molecule has 1 saturated heterocycles. The Morgan fingerprint density at radius 1 is 1.21 bits per heavy atom. The summed E-state index contributed by atoms with van der Waals surface area (Å²) in [5.41, 5.74) is 3.56. The van der Waals surface area contributed by atoms with Crippen molar-refractivity contribution < 1.29 is 0 Å². The number of hydrogen-bond donors (Lipinski definition) is 0. The van der Waals surface area contributed by atoms with Gasteiger partial charge in [0.1, 0.15) is 0 Å². The molecule has 19 heavy (non-hydrogen) atoms. The van der Waals surface area contributed by atoms with Crippen molar-refractivity contribution in [3.8, 4) is 0 Å². The zero-order chi connectivity index (χ0) is 13.7. The summed E-state index contributed by atoms with van der Waals surface area (Å²) >= 11 is 0. The molecule has 0 radical (unpaired) electrons. The second kappa shape index (κ2) is 4.21. The lowest BCUT2D eigenvalue weighted by Gasteiger charge is -2.49. The molecule has 1 nitrogen and oxygen atoms in total. The van der Waals surface area contributed by atoms with Gasteiger partial charge in [-0.15, -0.1) is 0 Å². The summed E-state index contributed by atoms with van der Waals surface area (Å²) in [6.07, 6.45) is 6.06. The van der Waals surface area contributed by atoms with Crippen molar-refractivity contribution in [2.75, 3.05) is 13.1 Å². The maximum atomic E-state index is 2.64. The Morgan fingerprint density at radius 2 is 1.95 bits per heavy atom. The molecule has 3 rings (SSSR count). The van der Waals surface area contributed by atoms with Gasteiger partial charge in [-0.1, -0.05) is 43.3 Å². The van der Waals surface area contributed by atoms with Crippen LogP contribution >= 0.6 is 0 Å². The third-order valence-electron chi connectivity index (χ3n) is 5.14. The zero-order valence-electron chi connectivity index (χ0n) is 12.6. The van der Waals surface area contributed by atoms with E-state index in [1.165, 1.54) is 25.1 Å². The van der Waals surface area contributed by atoms with E-state index in [4.69, 9.17) is 0 Å². The van der Waals surface area contributed by atoms with Crippen LogP contribution in [-0.2, 0) is 5.41 Å². The highest BCUT2D eigenvalue weighted by atomic mass is 15.2. The van der Waals surface area contributed by atoms with Gasteiger partial charge < -0.3 is 0 Å². The van der Waals surface area contributed by atoms with Crippen molar-refractivity contribution in [1.82, 2.24) is 4.90 Å². The lowest BCUT2D eigenvalue weighted by atomic mass is 9.67. The first-order valence-electron chi connectivity index (χ1n) is 7.47. The average molecular weight is 255 g/mol. The fourth-order valence-electron chi connectivity index (χ4n) is 3.80. The number of allylic oxidation sites excluding steroid dienone is 1. The van der Waals surface area contributed by atoms with Gasteiger partial charge in [0, 0.05) is 17.5 Å². The molecule has 1 heteroatoms. The molecule has 1 spiro atoms. The lowest BCUT2D eigenvalue weighted by molar-refractivity contribution is 0.0528. The van der Waals surface area contributed by atoms with Gasteiger partial charge in [-0.3, -0.25) is 4.90 Å². The van der Waals surface area contributed by atoms with Crippen LogP contribution in [0.3, 0.4) is 0 Å². The molecule has 1 heterocycles.